The van der Waals surface area contributed by atoms with Gasteiger partial charge >= 0.3 is 0 Å². The van der Waals surface area contributed by atoms with Crippen LogP contribution in [0, 0.1) is 12.7 Å². The average molecular weight is 223 g/mol. The van der Waals surface area contributed by atoms with Crippen molar-refractivity contribution in [3.63, 3.8) is 0 Å². The van der Waals surface area contributed by atoms with Gasteiger partial charge in [-0.2, -0.15) is 0 Å². The first kappa shape index (κ1) is 12.7. The summed E-state index contributed by atoms with van der Waals surface area (Å²) in [6.07, 6.45) is 1.69. The molecule has 88 valence electrons. The Hall–Kier alpha value is -1.38. The van der Waals surface area contributed by atoms with Crippen molar-refractivity contribution < 1.29 is 9.18 Å². The van der Waals surface area contributed by atoms with Crippen molar-refractivity contribution in [3.05, 3.63) is 29.6 Å². The summed E-state index contributed by atoms with van der Waals surface area (Å²) in [5.41, 5.74) is 1.28. The average Bonchev–Trinajstić information content (AvgIpc) is 2.22. The van der Waals surface area contributed by atoms with Gasteiger partial charge in [0.2, 0.25) is 0 Å². The van der Waals surface area contributed by atoms with E-state index in [1.807, 2.05) is 6.92 Å². The first-order valence-corrected chi connectivity index (χ1v) is 5.57. The number of carbonyl (C=O) groups is 1. The Kier molecular flexibility index (Phi) is 4.47. The molecular weight excluding hydrogens is 205 g/mol. The van der Waals surface area contributed by atoms with Gasteiger partial charge < -0.3 is 5.32 Å². The highest BCUT2D eigenvalue weighted by Crippen LogP contribution is 2.16. The van der Waals surface area contributed by atoms with Crippen LogP contribution in [0.15, 0.2) is 18.2 Å². The van der Waals surface area contributed by atoms with E-state index in [-0.39, 0.29) is 17.6 Å². The van der Waals surface area contributed by atoms with Crippen molar-refractivity contribution in [1.29, 1.82) is 0 Å². The summed E-state index contributed by atoms with van der Waals surface area (Å²) in [6, 6.07) is 4.72. The second-order valence-electron chi connectivity index (χ2n) is 4.06. The van der Waals surface area contributed by atoms with E-state index in [1.165, 1.54) is 6.07 Å². The number of benzene rings is 1. The molecule has 1 rings (SSSR count). The lowest BCUT2D eigenvalue weighted by Gasteiger charge is -2.16. The second kappa shape index (κ2) is 5.64. The third-order valence-electron chi connectivity index (χ3n) is 2.58. The molecule has 3 heteroatoms. The van der Waals surface area contributed by atoms with E-state index >= 15 is 0 Å². The Bertz CT molecular complexity index is 376. The fraction of sp³-hybridized carbons (Fsp3) is 0.462. The van der Waals surface area contributed by atoms with Crippen LogP contribution in [0.4, 0.5) is 10.1 Å². The zero-order valence-electron chi connectivity index (χ0n) is 10.0. The molecule has 0 saturated carbocycles. The fourth-order valence-electron chi connectivity index (χ4n) is 1.55. The number of carbonyl (C=O) groups excluding carboxylic acids is 1. The lowest BCUT2D eigenvalue weighted by Crippen LogP contribution is -2.27. The van der Waals surface area contributed by atoms with Gasteiger partial charge in [-0.05, 0) is 38.0 Å². The van der Waals surface area contributed by atoms with Crippen molar-refractivity contribution in [2.24, 2.45) is 0 Å². The summed E-state index contributed by atoms with van der Waals surface area (Å²) < 4.78 is 13.3. The van der Waals surface area contributed by atoms with Crippen molar-refractivity contribution in [2.75, 3.05) is 5.32 Å². The molecule has 0 bridgehead atoms. The van der Waals surface area contributed by atoms with Gasteiger partial charge in [0.15, 0.2) is 5.78 Å². The van der Waals surface area contributed by atoms with Gasteiger partial charge in [-0.1, -0.05) is 19.4 Å². The van der Waals surface area contributed by atoms with Crippen molar-refractivity contribution >= 4 is 11.5 Å². The van der Waals surface area contributed by atoms with E-state index in [0.717, 1.165) is 12.8 Å². The molecule has 0 aliphatic rings. The quantitative estimate of drug-likeness (QED) is 0.829. The predicted molar refractivity (Wildman–Crippen MR) is 64.1 cm³/mol. The highest BCUT2D eigenvalue weighted by molar-refractivity contribution is 5.84. The van der Waals surface area contributed by atoms with E-state index in [2.05, 4.69) is 5.32 Å². The number of aryl methyl sites for hydroxylation is 1. The SMILES string of the molecule is CCCC(Nc1ccc(C)c(F)c1)C(C)=O. The van der Waals surface area contributed by atoms with Crippen LogP contribution in [0.5, 0.6) is 0 Å². The van der Waals surface area contributed by atoms with E-state index < -0.39 is 0 Å². The molecule has 2 nitrogen and oxygen atoms in total. The molecule has 0 aromatic heterocycles. The van der Waals surface area contributed by atoms with Gasteiger partial charge in [0.1, 0.15) is 5.82 Å². The second-order valence-corrected chi connectivity index (χ2v) is 4.06. The molecule has 0 spiro atoms. The standard InChI is InChI=1S/C13H18FNO/c1-4-5-13(10(3)16)15-11-7-6-9(2)12(14)8-11/h6-8,13,15H,4-5H2,1-3H3. The van der Waals surface area contributed by atoms with Crippen molar-refractivity contribution in [1.82, 2.24) is 0 Å². The summed E-state index contributed by atoms with van der Waals surface area (Å²) in [4.78, 5) is 11.3. The molecule has 0 aliphatic heterocycles. The first-order valence-electron chi connectivity index (χ1n) is 5.57. The van der Waals surface area contributed by atoms with Gasteiger partial charge in [0.25, 0.3) is 0 Å². The zero-order chi connectivity index (χ0) is 12.1. The van der Waals surface area contributed by atoms with Gasteiger partial charge in [-0.25, -0.2) is 4.39 Å². The van der Waals surface area contributed by atoms with Crippen LogP contribution in [0.1, 0.15) is 32.3 Å². The van der Waals surface area contributed by atoms with Crippen molar-refractivity contribution in [2.45, 2.75) is 39.7 Å². The van der Waals surface area contributed by atoms with Gasteiger partial charge in [0, 0.05) is 5.69 Å². The smallest absolute Gasteiger partial charge is 0.151 e. The number of anilines is 1. The summed E-state index contributed by atoms with van der Waals surface area (Å²) in [6.45, 7) is 5.29. The fourth-order valence-corrected chi connectivity index (χ4v) is 1.55. The predicted octanol–water partition coefficient (Wildman–Crippen LogP) is 3.30. The van der Waals surface area contributed by atoms with Crippen LogP contribution in [-0.2, 0) is 4.79 Å². The number of nitrogens with one attached hydrogen (secondary N) is 1. The number of hydrogen-bond acceptors (Lipinski definition) is 2. The molecule has 1 unspecified atom stereocenters. The largest absolute Gasteiger partial charge is 0.375 e. The monoisotopic (exact) mass is 223 g/mol. The topological polar surface area (TPSA) is 29.1 Å². The summed E-state index contributed by atoms with van der Waals surface area (Å²) in [7, 11) is 0. The molecular formula is C13H18FNO. The maximum Gasteiger partial charge on any atom is 0.151 e. The van der Waals surface area contributed by atoms with Crippen LogP contribution >= 0.6 is 0 Å². The first-order chi connectivity index (χ1) is 7.54. The summed E-state index contributed by atoms with van der Waals surface area (Å²) >= 11 is 0. The van der Waals surface area contributed by atoms with Crippen molar-refractivity contribution in [3.8, 4) is 0 Å². The molecule has 0 amide bonds. The van der Waals surface area contributed by atoms with Gasteiger partial charge in [-0.3, -0.25) is 4.79 Å². The molecule has 1 aromatic rings. The minimum atomic E-state index is -0.246. The lowest BCUT2D eigenvalue weighted by molar-refractivity contribution is -0.117. The third kappa shape index (κ3) is 3.33. The third-order valence-corrected chi connectivity index (χ3v) is 2.58. The maximum atomic E-state index is 13.3. The molecule has 0 heterocycles. The summed E-state index contributed by atoms with van der Waals surface area (Å²) in [5.74, 6) is -0.161. The highest BCUT2D eigenvalue weighted by Gasteiger charge is 2.12. The maximum absolute atomic E-state index is 13.3. The van der Waals surface area contributed by atoms with Gasteiger partial charge in [0.05, 0.1) is 6.04 Å². The molecule has 1 atom stereocenters. The van der Waals surface area contributed by atoms with Crippen LogP contribution in [0.2, 0.25) is 0 Å². The zero-order valence-corrected chi connectivity index (χ0v) is 10.0. The van der Waals surface area contributed by atoms with Crippen LogP contribution < -0.4 is 5.32 Å². The Morgan fingerprint density at radius 2 is 2.19 bits per heavy atom. The summed E-state index contributed by atoms with van der Waals surface area (Å²) in [5, 5.41) is 3.06. The molecule has 16 heavy (non-hydrogen) atoms. The highest BCUT2D eigenvalue weighted by atomic mass is 19.1. The molecule has 0 radical (unpaired) electrons. The number of ketones is 1. The molecule has 0 aliphatic carbocycles. The Morgan fingerprint density at radius 3 is 2.69 bits per heavy atom. The molecule has 0 fully saturated rings. The lowest BCUT2D eigenvalue weighted by atomic mass is 10.1. The Morgan fingerprint density at radius 1 is 1.50 bits per heavy atom. The molecule has 1 aromatic carbocycles. The number of halogens is 1. The minimum Gasteiger partial charge on any atom is -0.375 e. The molecule has 1 N–H and O–H groups in total. The molecule has 0 saturated heterocycles. The minimum absolute atomic E-state index is 0.0860. The van der Waals surface area contributed by atoms with Crippen LogP contribution in [0.25, 0.3) is 0 Å². The number of hydrogen-bond donors (Lipinski definition) is 1. The van der Waals surface area contributed by atoms with Crippen LogP contribution in [-0.4, -0.2) is 11.8 Å². The Balaban J connectivity index is 2.77. The van der Waals surface area contributed by atoms with E-state index in [0.29, 0.717) is 11.3 Å². The van der Waals surface area contributed by atoms with E-state index in [4.69, 9.17) is 0 Å². The van der Waals surface area contributed by atoms with E-state index in [9.17, 15) is 9.18 Å². The normalized spacial score (nSPS) is 12.2. The number of rotatable bonds is 5. The Labute approximate surface area is 95.9 Å². The van der Waals surface area contributed by atoms with E-state index in [1.54, 1.807) is 26.0 Å². The van der Waals surface area contributed by atoms with Crippen LogP contribution in [0.3, 0.4) is 0 Å². The number of Topliss-reactive ketones (excluding diaryl/α,β-unsaturated/α-hetero) is 1. The van der Waals surface area contributed by atoms with Gasteiger partial charge in [-0.15, -0.1) is 0 Å².